The molecule has 6 nitrogen and oxygen atoms in total. The summed E-state index contributed by atoms with van der Waals surface area (Å²) in [5, 5.41) is 12.0. The van der Waals surface area contributed by atoms with Crippen molar-refractivity contribution in [1.82, 2.24) is 15.5 Å². The third-order valence-corrected chi connectivity index (χ3v) is 6.40. The molecule has 2 aromatic rings. The second kappa shape index (κ2) is 13.8. The Labute approximate surface area is 213 Å². The van der Waals surface area contributed by atoms with Crippen LogP contribution in [-0.4, -0.2) is 42.9 Å². The number of nitrogens with one attached hydrogen (secondary N) is 3. The molecular formula is C24H36IN5OS. The molecule has 3 N–H and O–H groups in total. The van der Waals surface area contributed by atoms with Crippen LogP contribution in [0, 0.1) is 5.92 Å². The van der Waals surface area contributed by atoms with E-state index in [1.807, 2.05) is 49.4 Å². The number of aliphatic imine (C=N–C) groups is 1. The van der Waals surface area contributed by atoms with Crippen molar-refractivity contribution in [3.63, 3.8) is 0 Å². The van der Waals surface area contributed by atoms with Crippen molar-refractivity contribution in [2.75, 3.05) is 31.5 Å². The number of anilines is 1. The van der Waals surface area contributed by atoms with Crippen LogP contribution in [0.15, 0.2) is 46.8 Å². The van der Waals surface area contributed by atoms with Gasteiger partial charge in [-0.15, -0.1) is 35.3 Å². The molecule has 2 heterocycles. The summed E-state index contributed by atoms with van der Waals surface area (Å²) in [6, 6.07) is 12.7. The molecular weight excluding hydrogens is 533 g/mol. The predicted molar refractivity (Wildman–Crippen MR) is 146 cm³/mol. The zero-order chi connectivity index (χ0) is 22.1. The molecule has 1 atom stereocenters. The number of rotatable bonds is 9. The molecule has 0 spiro atoms. The van der Waals surface area contributed by atoms with Crippen LogP contribution in [0.3, 0.4) is 0 Å². The van der Waals surface area contributed by atoms with Gasteiger partial charge in [0.25, 0.3) is 0 Å². The zero-order valence-corrected chi connectivity index (χ0v) is 22.4. The second-order valence-corrected chi connectivity index (χ2v) is 9.17. The monoisotopic (exact) mass is 569 g/mol. The number of benzene rings is 1. The quantitative estimate of drug-likeness (QED) is 0.230. The lowest BCUT2D eigenvalue weighted by atomic mass is 10.1. The van der Waals surface area contributed by atoms with Crippen molar-refractivity contribution < 1.29 is 4.79 Å². The van der Waals surface area contributed by atoms with E-state index in [1.54, 1.807) is 0 Å². The highest BCUT2D eigenvalue weighted by Gasteiger charge is 2.24. The van der Waals surface area contributed by atoms with E-state index in [0.717, 1.165) is 43.4 Å². The molecule has 1 aliphatic rings. The molecule has 1 aliphatic heterocycles. The van der Waals surface area contributed by atoms with E-state index in [1.165, 1.54) is 17.7 Å². The normalized spacial score (nSPS) is 15.3. The van der Waals surface area contributed by atoms with Crippen molar-refractivity contribution in [2.24, 2.45) is 10.9 Å². The molecule has 8 heteroatoms. The van der Waals surface area contributed by atoms with Gasteiger partial charge in [0.1, 0.15) is 0 Å². The van der Waals surface area contributed by atoms with Crippen LogP contribution >= 0.6 is 35.3 Å². The Bertz CT molecular complexity index is 833. The molecule has 0 bridgehead atoms. The van der Waals surface area contributed by atoms with E-state index in [-0.39, 0.29) is 35.8 Å². The number of amides is 1. The largest absolute Gasteiger partial charge is 0.357 e. The number of hydrogen-bond acceptors (Lipinski definition) is 4. The predicted octanol–water partition coefficient (Wildman–Crippen LogP) is 4.85. The molecule has 1 fully saturated rings. The van der Waals surface area contributed by atoms with Gasteiger partial charge in [0.2, 0.25) is 5.91 Å². The van der Waals surface area contributed by atoms with Gasteiger partial charge in [0, 0.05) is 29.6 Å². The van der Waals surface area contributed by atoms with Gasteiger partial charge in [-0.3, -0.25) is 9.69 Å². The molecule has 1 saturated heterocycles. The Morgan fingerprint density at radius 1 is 1.12 bits per heavy atom. The van der Waals surface area contributed by atoms with Gasteiger partial charge in [-0.05, 0) is 62.0 Å². The highest BCUT2D eigenvalue weighted by atomic mass is 127. The van der Waals surface area contributed by atoms with Crippen LogP contribution in [0.1, 0.15) is 50.1 Å². The number of likely N-dealkylation sites (tertiary alicyclic amines) is 1. The first-order valence-electron chi connectivity index (χ1n) is 11.3. The van der Waals surface area contributed by atoms with Gasteiger partial charge in [-0.2, -0.15) is 0 Å². The minimum atomic E-state index is -0.0309. The first kappa shape index (κ1) is 26.6. The molecule has 0 aliphatic carbocycles. The van der Waals surface area contributed by atoms with Gasteiger partial charge in [-0.25, -0.2) is 4.99 Å². The van der Waals surface area contributed by atoms with E-state index >= 15 is 0 Å². The molecule has 176 valence electrons. The fourth-order valence-corrected chi connectivity index (χ4v) is 4.49. The summed E-state index contributed by atoms with van der Waals surface area (Å²) < 4.78 is 0. The third-order valence-electron chi connectivity index (χ3n) is 5.43. The van der Waals surface area contributed by atoms with Gasteiger partial charge in [0.05, 0.1) is 12.6 Å². The SMILES string of the molecule is CCNC(=NCc1ccc(NC(=O)C(C)C)cc1)NCC(c1cccs1)N1CCCC1.I. The van der Waals surface area contributed by atoms with Crippen LogP contribution in [0.4, 0.5) is 5.69 Å². The van der Waals surface area contributed by atoms with Crippen LogP contribution in [0.25, 0.3) is 0 Å². The van der Waals surface area contributed by atoms with Crippen LogP contribution < -0.4 is 16.0 Å². The minimum Gasteiger partial charge on any atom is -0.357 e. The molecule has 32 heavy (non-hydrogen) atoms. The van der Waals surface area contributed by atoms with E-state index in [4.69, 9.17) is 4.99 Å². The lowest BCUT2D eigenvalue weighted by Crippen LogP contribution is -2.42. The molecule has 1 unspecified atom stereocenters. The van der Waals surface area contributed by atoms with Crippen molar-refractivity contribution in [1.29, 1.82) is 0 Å². The van der Waals surface area contributed by atoms with Gasteiger partial charge in [0.15, 0.2) is 5.96 Å². The fraction of sp³-hybridized carbons (Fsp3) is 0.500. The summed E-state index contributed by atoms with van der Waals surface area (Å²) in [6.07, 6.45) is 2.56. The van der Waals surface area contributed by atoms with E-state index in [9.17, 15) is 4.79 Å². The first-order chi connectivity index (χ1) is 15.1. The first-order valence-corrected chi connectivity index (χ1v) is 12.1. The molecule has 1 aromatic carbocycles. The van der Waals surface area contributed by atoms with Gasteiger partial charge in [-0.1, -0.05) is 32.0 Å². The fourth-order valence-electron chi connectivity index (χ4n) is 3.63. The number of thiophene rings is 1. The van der Waals surface area contributed by atoms with Crippen molar-refractivity contribution in [3.8, 4) is 0 Å². The van der Waals surface area contributed by atoms with Crippen molar-refractivity contribution in [3.05, 3.63) is 52.2 Å². The second-order valence-electron chi connectivity index (χ2n) is 8.19. The number of guanidine groups is 1. The topological polar surface area (TPSA) is 68.8 Å². The van der Waals surface area contributed by atoms with E-state index < -0.39 is 0 Å². The van der Waals surface area contributed by atoms with Gasteiger partial charge >= 0.3 is 0 Å². The maximum Gasteiger partial charge on any atom is 0.226 e. The molecule has 1 aromatic heterocycles. The van der Waals surface area contributed by atoms with Gasteiger partial charge < -0.3 is 16.0 Å². The Morgan fingerprint density at radius 3 is 2.44 bits per heavy atom. The minimum absolute atomic E-state index is 0. The lowest BCUT2D eigenvalue weighted by molar-refractivity contribution is -0.118. The van der Waals surface area contributed by atoms with E-state index in [2.05, 4.69) is 45.3 Å². The number of carbonyl (C=O) groups excluding carboxylic acids is 1. The highest BCUT2D eigenvalue weighted by Crippen LogP contribution is 2.27. The smallest absolute Gasteiger partial charge is 0.226 e. The maximum absolute atomic E-state index is 11.8. The summed E-state index contributed by atoms with van der Waals surface area (Å²) in [5.74, 6) is 0.833. The standard InChI is InChI=1S/C24H35N5OS.HI/c1-4-25-24(26-16-19-9-11-20(12-10-19)28-23(30)18(2)3)27-17-21(22-8-7-15-31-22)29-13-5-6-14-29;/h7-12,15,18,21H,4-6,13-14,16-17H2,1-3H3,(H,28,30)(H2,25,26,27);1H. The van der Waals surface area contributed by atoms with Crippen LogP contribution in [-0.2, 0) is 11.3 Å². The Morgan fingerprint density at radius 2 is 1.84 bits per heavy atom. The molecule has 1 amide bonds. The summed E-state index contributed by atoms with van der Waals surface area (Å²) in [6.45, 7) is 10.4. The number of carbonyl (C=O) groups is 1. The van der Waals surface area contributed by atoms with E-state index in [0.29, 0.717) is 12.6 Å². The average Bonchev–Trinajstić information content (AvgIpc) is 3.48. The molecule has 0 radical (unpaired) electrons. The summed E-state index contributed by atoms with van der Waals surface area (Å²) in [7, 11) is 0. The molecule has 3 rings (SSSR count). The lowest BCUT2D eigenvalue weighted by Gasteiger charge is -2.27. The summed E-state index contributed by atoms with van der Waals surface area (Å²) in [4.78, 5) is 20.6. The van der Waals surface area contributed by atoms with Crippen LogP contribution in [0.5, 0.6) is 0 Å². The number of hydrogen-bond donors (Lipinski definition) is 3. The maximum atomic E-state index is 11.8. The summed E-state index contributed by atoms with van der Waals surface area (Å²) in [5.41, 5.74) is 1.93. The Balaban J connectivity index is 0.00000363. The zero-order valence-electron chi connectivity index (χ0n) is 19.3. The van der Waals surface area contributed by atoms with Crippen LogP contribution in [0.2, 0.25) is 0 Å². The number of nitrogens with zero attached hydrogens (tertiary/aromatic N) is 2. The Hall–Kier alpha value is -1.65. The number of halogens is 1. The average molecular weight is 570 g/mol. The van der Waals surface area contributed by atoms with Crippen molar-refractivity contribution in [2.45, 2.75) is 46.2 Å². The molecule has 0 saturated carbocycles. The third kappa shape index (κ3) is 8.04. The summed E-state index contributed by atoms with van der Waals surface area (Å²) >= 11 is 1.83. The van der Waals surface area contributed by atoms with Crippen molar-refractivity contribution >= 4 is 52.9 Å². The Kier molecular flexibility index (Phi) is 11.5. The highest BCUT2D eigenvalue weighted by molar-refractivity contribution is 14.0.